The molecular formula is C14H13ClFNO. The highest BCUT2D eigenvalue weighted by Gasteiger charge is 2.07. The van der Waals surface area contributed by atoms with Gasteiger partial charge in [-0.1, -0.05) is 18.5 Å². The van der Waals surface area contributed by atoms with Crippen LogP contribution in [0, 0.1) is 5.82 Å². The van der Waals surface area contributed by atoms with Crippen LogP contribution in [0.15, 0.2) is 36.7 Å². The van der Waals surface area contributed by atoms with Gasteiger partial charge in [0.25, 0.3) is 0 Å². The van der Waals surface area contributed by atoms with Crippen molar-refractivity contribution in [3.8, 4) is 0 Å². The largest absolute Gasteiger partial charge is 0.349 e. The van der Waals surface area contributed by atoms with E-state index in [4.69, 9.17) is 11.6 Å². The van der Waals surface area contributed by atoms with Gasteiger partial charge in [-0.15, -0.1) is 0 Å². The van der Waals surface area contributed by atoms with Crippen LogP contribution in [0.3, 0.4) is 0 Å². The van der Waals surface area contributed by atoms with E-state index >= 15 is 0 Å². The first-order chi connectivity index (χ1) is 8.60. The Balaban J connectivity index is 2.21. The quantitative estimate of drug-likeness (QED) is 0.768. The zero-order valence-electron chi connectivity index (χ0n) is 9.99. The van der Waals surface area contributed by atoms with Crippen LogP contribution >= 0.6 is 11.6 Å². The second-order valence-corrected chi connectivity index (χ2v) is 4.49. The summed E-state index contributed by atoms with van der Waals surface area (Å²) < 4.78 is 14.9. The first-order valence-electron chi connectivity index (χ1n) is 5.73. The first kappa shape index (κ1) is 12.8. The maximum Gasteiger partial charge on any atom is 0.164 e. The SMILES string of the molecule is CCC(=O)c1ccn(Cc2cc(F)ccc2Cl)c1. The van der Waals surface area contributed by atoms with E-state index in [9.17, 15) is 9.18 Å². The molecule has 0 radical (unpaired) electrons. The molecule has 18 heavy (non-hydrogen) atoms. The topological polar surface area (TPSA) is 22.0 Å². The number of carbonyl (C=O) groups excluding carboxylic acids is 1. The van der Waals surface area contributed by atoms with Crippen LogP contribution < -0.4 is 0 Å². The van der Waals surface area contributed by atoms with Crippen molar-refractivity contribution in [2.45, 2.75) is 19.9 Å². The molecule has 1 heterocycles. The number of rotatable bonds is 4. The van der Waals surface area contributed by atoms with Crippen molar-refractivity contribution in [3.05, 3.63) is 58.6 Å². The summed E-state index contributed by atoms with van der Waals surface area (Å²) in [6, 6.07) is 6.03. The minimum Gasteiger partial charge on any atom is -0.349 e. The molecule has 0 atom stereocenters. The molecule has 0 unspecified atom stereocenters. The van der Waals surface area contributed by atoms with Gasteiger partial charge in [0.1, 0.15) is 5.82 Å². The van der Waals surface area contributed by atoms with Gasteiger partial charge in [0, 0.05) is 35.9 Å². The monoisotopic (exact) mass is 265 g/mol. The molecular weight excluding hydrogens is 253 g/mol. The van der Waals surface area contributed by atoms with Crippen molar-refractivity contribution in [1.29, 1.82) is 0 Å². The highest BCUT2D eigenvalue weighted by Crippen LogP contribution is 2.18. The summed E-state index contributed by atoms with van der Waals surface area (Å²) in [4.78, 5) is 11.5. The number of nitrogens with zero attached hydrogens (tertiary/aromatic N) is 1. The number of carbonyl (C=O) groups is 1. The first-order valence-corrected chi connectivity index (χ1v) is 6.11. The lowest BCUT2D eigenvalue weighted by molar-refractivity contribution is 0.0988. The molecule has 0 N–H and O–H groups in total. The van der Waals surface area contributed by atoms with Crippen LogP contribution in [0.2, 0.25) is 5.02 Å². The van der Waals surface area contributed by atoms with Crippen LogP contribution in [-0.2, 0) is 6.54 Å². The van der Waals surface area contributed by atoms with Gasteiger partial charge in [0.15, 0.2) is 5.78 Å². The fraction of sp³-hybridized carbons (Fsp3) is 0.214. The van der Waals surface area contributed by atoms with Gasteiger partial charge in [-0.2, -0.15) is 0 Å². The van der Waals surface area contributed by atoms with E-state index in [0.717, 1.165) is 0 Å². The van der Waals surface area contributed by atoms with Crippen molar-refractivity contribution in [1.82, 2.24) is 4.57 Å². The van der Waals surface area contributed by atoms with Crippen LogP contribution in [0.4, 0.5) is 4.39 Å². The third kappa shape index (κ3) is 2.79. The van der Waals surface area contributed by atoms with Gasteiger partial charge in [-0.3, -0.25) is 4.79 Å². The van der Waals surface area contributed by atoms with E-state index in [1.165, 1.54) is 18.2 Å². The molecule has 0 aliphatic rings. The number of benzene rings is 1. The molecule has 0 amide bonds. The minimum atomic E-state index is -0.314. The van der Waals surface area contributed by atoms with Crippen molar-refractivity contribution in [2.75, 3.05) is 0 Å². The summed E-state index contributed by atoms with van der Waals surface area (Å²) in [6.45, 7) is 2.27. The standard InChI is InChI=1S/C14H13ClFNO/c1-2-14(18)10-5-6-17(8-10)9-11-7-12(16)3-4-13(11)15/h3-8H,2,9H2,1H3. The number of halogens is 2. The molecule has 2 rings (SSSR count). The minimum absolute atomic E-state index is 0.0964. The number of Topliss-reactive ketones (excluding diaryl/α,β-unsaturated/α-hetero) is 1. The number of ketones is 1. The smallest absolute Gasteiger partial charge is 0.164 e. The molecule has 0 spiro atoms. The summed E-state index contributed by atoms with van der Waals surface area (Å²) in [5, 5.41) is 0.522. The molecule has 0 bridgehead atoms. The Kier molecular flexibility index (Phi) is 3.82. The second kappa shape index (κ2) is 5.36. The second-order valence-electron chi connectivity index (χ2n) is 4.08. The average molecular weight is 266 g/mol. The summed E-state index contributed by atoms with van der Waals surface area (Å²) in [6.07, 6.45) is 4.03. The molecule has 0 aliphatic heterocycles. The van der Waals surface area contributed by atoms with Gasteiger partial charge in [0.2, 0.25) is 0 Å². The molecule has 0 saturated heterocycles. The average Bonchev–Trinajstić information content (AvgIpc) is 2.81. The normalized spacial score (nSPS) is 10.6. The Hall–Kier alpha value is -1.61. The van der Waals surface area contributed by atoms with Gasteiger partial charge in [-0.25, -0.2) is 4.39 Å². The van der Waals surface area contributed by atoms with Crippen molar-refractivity contribution in [3.63, 3.8) is 0 Å². The molecule has 1 aromatic heterocycles. The molecule has 2 nitrogen and oxygen atoms in total. The van der Waals surface area contributed by atoms with Gasteiger partial charge >= 0.3 is 0 Å². The maximum absolute atomic E-state index is 13.1. The molecule has 1 aromatic carbocycles. The van der Waals surface area contributed by atoms with E-state index < -0.39 is 0 Å². The summed E-state index contributed by atoms with van der Waals surface area (Å²) in [7, 11) is 0. The van der Waals surface area contributed by atoms with Crippen molar-refractivity contribution >= 4 is 17.4 Å². The summed E-state index contributed by atoms with van der Waals surface area (Å²) in [5.41, 5.74) is 1.37. The van der Waals surface area contributed by atoms with Crippen LogP contribution in [0.25, 0.3) is 0 Å². The lowest BCUT2D eigenvalue weighted by atomic mass is 10.2. The fourth-order valence-corrected chi connectivity index (χ4v) is 1.95. The molecule has 0 saturated carbocycles. The summed E-state index contributed by atoms with van der Waals surface area (Å²) >= 11 is 6.00. The molecule has 4 heteroatoms. The Morgan fingerprint density at radius 3 is 2.89 bits per heavy atom. The molecule has 0 aliphatic carbocycles. The zero-order chi connectivity index (χ0) is 13.1. The molecule has 94 valence electrons. The Labute approximate surface area is 110 Å². The van der Waals surface area contributed by atoms with E-state index in [2.05, 4.69) is 0 Å². The zero-order valence-corrected chi connectivity index (χ0v) is 10.7. The lowest BCUT2D eigenvalue weighted by Crippen LogP contribution is -1.99. The van der Waals surface area contributed by atoms with Gasteiger partial charge < -0.3 is 4.57 Å². The Morgan fingerprint density at radius 2 is 2.17 bits per heavy atom. The van der Waals surface area contributed by atoms with E-state index in [-0.39, 0.29) is 11.6 Å². The highest BCUT2D eigenvalue weighted by molar-refractivity contribution is 6.31. The third-order valence-corrected chi connectivity index (χ3v) is 3.12. The summed E-state index contributed by atoms with van der Waals surface area (Å²) in [5.74, 6) is -0.217. The van der Waals surface area contributed by atoms with E-state index in [1.54, 1.807) is 18.5 Å². The van der Waals surface area contributed by atoms with Gasteiger partial charge in [-0.05, 0) is 29.8 Å². The lowest BCUT2D eigenvalue weighted by Gasteiger charge is -2.05. The fourth-order valence-electron chi connectivity index (χ4n) is 1.77. The highest BCUT2D eigenvalue weighted by atomic mass is 35.5. The Bertz CT molecular complexity index is 577. The Morgan fingerprint density at radius 1 is 1.39 bits per heavy atom. The third-order valence-electron chi connectivity index (χ3n) is 2.75. The van der Waals surface area contributed by atoms with E-state index in [0.29, 0.717) is 29.1 Å². The van der Waals surface area contributed by atoms with E-state index in [1.807, 2.05) is 11.5 Å². The van der Waals surface area contributed by atoms with Crippen molar-refractivity contribution < 1.29 is 9.18 Å². The maximum atomic E-state index is 13.1. The number of aromatic nitrogens is 1. The predicted octanol–water partition coefficient (Wildman–Crippen LogP) is 3.92. The predicted molar refractivity (Wildman–Crippen MR) is 69.6 cm³/mol. The molecule has 0 fully saturated rings. The van der Waals surface area contributed by atoms with Crippen LogP contribution in [-0.4, -0.2) is 10.4 Å². The van der Waals surface area contributed by atoms with Crippen molar-refractivity contribution in [2.24, 2.45) is 0 Å². The van der Waals surface area contributed by atoms with Crippen LogP contribution in [0.5, 0.6) is 0 Å². The molecule has 2 aromatic rings. The number of hydrogen-bond acceptors (Lipinski definition) is 1. The van der Waals surface area contributed by atoms with Crippen LogP contribution in [0.1, 0.15) is 29.3 Å². The number of hydrogen-bond donors (Lipinski definition) is 0. The van der Waals surface area contributed by atoms with Gasteiger partial charge in [0.05, 0.1) is 0 Å².